The van der Waals surface area contributed by atoms with Gasteiger partial charge in [0, 0.05) is 22.7 Å². The number of nitrogens with one attached hydrogen (secondary N) is 2. The Morgan fingerprint density at radius 1 is 1.00 bits per heavy atom. The minimum Gasteiger partial charge on any atom is -0.462 e. The molecule has 2 N–H and O–H groups in total. The van der Waals surface area contributed by atoms with Crippen molar-refractivity contribution < 1.29 is 14.3 Å². The van der Waals surface area contributed by atoms with Crippen LogP contribution in [0.4, 0.5) is 5.69 Å². The van der Waals surface area contributed by atoms with Gasteiger partial charge in [-0.3, -0.25) is 9.36 Å². The van der Waals surface area contributed by atoms with E-state index in [2.05, 4.69) is 20.5 Å². The number of hydrogen-bond acceptors (Lipinski definition) is 6. The number of nitrogens with zero attached hydrogens (tertiary/aromatic N) is 3. The van der Waals surface area contributed by atoms with Crippen LogP contribution in [-0.2, 0) is 9.53 Å². The van der Waals surface area contributed by atoms with E-state index >= 15 is 0 Å². The number of thioether (sulfide) groups is 1. The fourth-order valence-corrected chi connectivity index (χ4v) is 4.87. The van der Waals surface area contributed by atoms with E-state index < -0.39 is 5.97 Å². The largest absolute Gasteiger partial charge is 0.462 e. The van der Waals surface area contributed by atoms with Crippen LogP contribution in [0, 0.1) is 6.92 Å². The lowest BCUT2D eigenvalue weighted by Gasteiger charge is -2.13. The van der Waals surface area contributed by atoms with Crippen molar-refractivity contribution in [2.24, 2.45) is 0 Å². The number of esters is 1. The molecule has 0 spiro atoms. The first kappa shape index (κ1) is 24.3. The van der Waals surface area contributed by atoms with Crippen LogP contribution in [0.15, 0.2) is 84.1 Å². The van der Waals surface area contributed by atoms with E-state index in [1.165, 1.54) is 11.8 Å². The maximum absolute atomic E-state index is 12.9. The summed E-state index contributed by atoms with van der Waals surface area (Å²) in [4.78, 5) is 28.5. The van der Waals surface area contributed by atoms with Crippen LogP contribution < -0.4 is 5.32 Å². The number of ether oxygens (including phenoxy) is 1. The van der Waals surface area contributed by atoms with Gasteiger partial charge in [-0.15, -0.1) is 10.2 Å². The Kier molecular flexibility index (Phi) is 7.04. The molecule has 2 heterocycles. The van der Waals surface area contributed by atoms with Crippen molar-refractivity contribution in [2.45, 2.75) is 19.0 Å². The van der Waals surface area contributed by atoms with Crippen LogP contribution in [-0.4, -0.2) is 44.0 Å². The zero-order valence-electron chi connectivity index (χ0n) is 20.4. The molecule has 0 saturated carbocycles. The number of carbonyl (C=O) groups is 2. The molecule has 0 atom stereocenters. The van der Waals surface area contributed by atoms with E-state index in [0.29, 0.717) is 22.2 Å². The Bertz CT molecular complexity index is 1590. The second kappa shape index (κ2) is 10.7. The van der Waals surface area contributed by atoms with Gasteiger partial charge in [0.2, 0.25) is 5.91 Å². The molecule has 37 heavy (non-hydrogen) atoms. The molecule has 0 saturated heterocycles. The maximum Gasteiger partial charge on any atom is 0.340 e. The Hall–Kier alpha value is -4.37. The lowest BCUT2D eigenvalue weighted by atomic mass is 10.1. The van der Waals surface area contributed by atoms with Gasteiger partial charge >= 0.3 is 5.97 Å². The predicted molar refractivity (Wildman–Crippen MR) is 145 cm³/mol. The molecule has 0 radical (unpaired) electrons. The molecule has 0 aliphatic heterocycles. The van der Waals surface area contributed by atoms with Crippen molar-refractivity contribution in [3.63, 3.8) is 0 Å². The third-order valence-corrected chi connectivity index (χ3v) is 6.78. The highest BCUT2D eigenvalue weighted by Crippen LogP contribution is 2.33. The summed E-state index contributed by atoms with van der Waals surface area (Å²) >= 11 is 1.28. The third-order valence-electron chi connectivity index (χ3n) is 5.85. The van der Waals surface area contributed by atoms with Gasteiger partial charge in [-0.25, -0.2) is 4.79 Å². The molecule has 186 valence electrons. The van der Waals surface area contributed by atoms with Crippen LogP contribution in [0.25, 0.3) is 28.0 Å². The van der Waals surface area contributed by atoms with E-state index in [0.717, 1.165) is 27.7 Å². The van der Waals surface area contributed by atoms with E-state index in [4.69, 9.17) is 4.74 Å². The minimum absolute atomic E-state index is 0.0784. The molecule has 0 unspecified atom stereocenters. The van der Waals surface area contributed by atoms with Crippen molar-refractivity contribution in [3.8, 4) is 17.1 Å². The molecular weight excluding hydrogens is 486 g/mol. The number of fused-ring (bicyclic) bond motifs is 1. The number of aromatic nitrogens is 4. The summed E-state index contributed by atoms with van der Waals surface area (Å²) in [5.74, 6) is 0.0143. The number of aryl methyl sites for hydroxylation is 1. The van der Waals surface area contributed by atoms with E-state index in [1.54, 1.807) is 31.2 Å². The van der Waals surface area contributed by atoms with Crippen molar-refractivity contribution in [1.29, 1.82) is 0 Å². The maximum atomic E-state index is 12.9. The lowest BCUT2D eigenvalue weighted by molar-refractivity contribution is -0.113. The van der Waals surface area contributed by atoms with Gasteiger partial charge in [0.05, 0.1) is 29.3 Å². The molecule has 2 aromatic heterocycles. The number of H-pyrrole nitrogens is 1. The van der Waals surface area contributed by atoms with Crippen LogP contribution in [0.2, 0.25) is 0 Å². The van der Waals surface area contributed by atoms with Crippen molar-refractivity contribution >= 4 is 40.2 Å². The van der Waals surface area contributed by atoms with Gasteiger partial charge < -0.3 is 15.0 Å². The summed E-state index contributed by atoms with van der Waals surface area (Å²) in [5.41, 5.74) is 4.64. The fraction of sp³-hybridized carbons (Fsp3) is 0.143. The zero-order valence-corrected chi connectivity index (χ0v) is 21.2. The van der Waals surface area contributed by atoms with Gasteiger partial charge in [-0.2, -0.15) is 0 Å². The number of hydrogen-bond donors (Lipinski definition) is 2. The summed E-state index contributed by atoms with van der Waals surface area (Å²) in [5, 5.41) is 13.4. The normalized spacial score (nSPS) is 11.0. The Morgan fingerprint density at radius 2 is 1.76 bits per heavy atom. The van der Waals surface area contributed by atoms with E-state index in [-0.39, 0.29) is 18.3 Å². The molecule has 0 bridgehead atoms. The number of carbonyl (C=O) groups excluding carboxylic acids is 2. The number of para-hydroxylation sites is 3. The molecule has 5 rings (SSSR count). The average Bonchev–Trinajstić information content (AvgIpc) is 3.52. The van der Waals surface area contributed by atoms with Crippen LogP contribution >= 0.6 is 11.8 Å². The number of benzene rings is 3. The molecule has 9 heteroatoms. The molecule has 3 aromatic carbocycles. The molecule has 8 nitrogen and oxygen atoms in total. The lowest BCUT2D eigenvalue weighted by Crippen LogP contribution is -2.17. The first-order chi connectivity index (χ1) is 18.1. The fourth-order valence-electron chi connectivity index (χ4n) is 4.12. The van der Waals surface area contributed by atoms with Gasteiger partial charge in [-0.1, -0.05) is 60.3 Å². The summed E-state index contributed by atoms with van der Waals surface area (Å²) in [6.45, 7) is 4.02. The second-order valence-corrected chi connectivity index (χ2v) is 9.22. The Balaban J connectivity index is 1.44. The van der Waals surface area contributed by atoms with Gasteiger partial charge in [-0.05, 0) is 43.7 Å². The first-order valence-corrected chi connectivity index (χ1v) is 12.8. The standard InChI is InChI=1S/C28H25N5O3S/c1-3-36-27(35)20-12-6-8-14-23(20)30-25(34)17-37-28-32-31-26(33(28)24-15-9-4-10-18(24)2)21-16-29-22-13-7-5-11-19(21)22/h4-16,29H,3,17H2,1-2H3,(H,30,34). The van der Waals surface area contributed by atoms with E-state index in [9.17, 15) is 9.59 Å². The average molecular weight is 512 g/mol. The van der Waals surface area contributed by atoms with Crippen molar-refractivity contribution in [1.82, 2.24) is 19.7 Å². The van der Waals surface area contributed by atoms with Crippen molar-refractivity contribution in [2.75, 3.05) is 17.7 Å². The first-order valence-electron chi connectivity index (χ1n) is 11.8. The molecule has 0 fully saturated rings. The SMILES string of the molecule is CCOC(=O)c1ccccc1NC(=O)CSc1nnc(-c2c[nH]c3ccccc23)n1-c1ccccc1C. The van der Waals surface area contributed by atoms with Gasteiger partial charge in [0.25, 0.3) is 0 Å². The summed E-state index contributed by atoms with van der Waals surface area (Å²) in [6, 6.07) is 22.8. The minimum atomic E-state index is -0.478. The Morgan fingerprint density at radius 3 is 2.59 bits per heavy atom. The molecule has 0 aliphatic rings. The molecule has 5 aromatic rings. The molecule has 1 amide bonds. The topological polar surface area (TPSA) is 102 Å². The van der Waals surface area contributed by atoms with Crippen LogP contribution in [0.5, 0.6) is 0 Å². The van der Waals surface area contributed by atoms with Gasteiger partial charge in [0.1, 0.15) is 0 Å². The smallest absolute Gasteiger partial charge is 0.340 e. The summed E-state index contributed by atoms with van der Waals surface area (Å²) in [7, 11) is 0. The van der Waals surface area contributed by atoms with Gasteiger partial charge in [0.15, 0.2) is 11.0 Å². The monoisotopic (exact) mass is 511 g/mol. The quantitative estimate of drug-likeness (QED) is 0.207. The highest BCUT2D eigenvalue weighted by molar-refractivity contribution is 7.99. The van der Waals surface area contributed by atoms with Crippen LogP contribution in [0.3, 0.4) is 0 Å². The highest BCUT2D eigenvalue weighted by atomic mass is 32.2. The Labute approximate surface area is 218 Å². The van der Waals surface area contributed by atoms with Crippen molar-refractivity contribution in [3.05, 3.63) is 90.1 Å². The molecule has 0 aliphatic carbocycles. The predicted octanol–water partition coefficient (Wildman–Crippen LogP) is 5.63. The molecular formula is C28H25N5O3S. The number of aromatic amines is 1. The van der Waals surface area contributed by atoms with Crippen LogP contribution in [0.1, 0.15) is 22.8 Å². The van der Waals surface area contributed by atoms with E-state index in [1.807, 2.05) is 66.2 Å². The summed E-state index contributed by atoms with van der Waals surface area (Å²) in [6.07, 6.45) is 1.93. The number of anilines is 1. The third kappa shape index (κ3) is 4.99. The summed E-state index contributed by atoms with van der Waals surface area (Å²) < 4.78 is 7.09. The zero-order chi connectivity index (χ0) is 25.8. The second-order valence-electron chi connectivity index (χ2n) is 8.28. The highest BCUT2D eigenvalue weighted by Gasteiger charge is 2.21. The number of amides is 1. The number of rotatable bonds is 8.